The van der Waals surface area contributed by atoms with Crippen LogP contribution in [0.25, 0.3) is 0 Å². The highest BCUT2D eigenvalue weighted by Crippen LogP contribution is 2.18. The van der Waals surface area contributed by atoms with Crippen LogP contribution in [0.2, 0.25) is 0 Å². The second kappa shape index (κ2) is 3.69. The zero-order chi connectivity index (χ0) is 9.97. The lowest BCUT2D eigenvalue weighted by molar-refractivity contribution is 0.147. The zero-order valence-corrected chi connectivity index (χ0v) is 7.86. The van der Waals surface area contributed by atoms with Crippen molar-refractivity contribution in [3.05, 3.63) is 11.3 Å². The number of carbonyl (C=O) groups is 1. The maximum atomic E-state index is 10.8. The van der Waals surface area contributed by atoms with Crippen molar-refractivity contribution >= 4 is 12.4 Å². The summed E-state index contributed by atoms with van der Waals surface area (Å²) in [6, 6.07) is 0. The molecule has 0 saturated heterocycles. The van der Waals surface area contributed by atoms with Crippen molar-refractivity contribution in [1.29, 1.82) is 0 Å². The average Bonchev–Trinajstić information content (AvgIpc) is 2.39. The van der Waals surface area contributed by atoms with Gasteiger partial charge in [-0.1, -0.05) is 0 Å². The van der Waals surface area contributed by atoms with Crippen molar-refractivity contribution in [2.24, 2.45) is 4.99 Å². The molecule has 14 heavy (non-hydrogen) atoms. The van der Waals surface area contributed by atoms with Gasteiger partial charge in [0, 0.05) is 25.2 Å². The third-order valence-electron chi connectivity index (χ3n) is 2.62. The van der Waals surface area contributed by atoms with E-state index in [1.165, 1.54) is 10.5 Å². The molecule has 0 radical (unpaired) electrons. The van der Waals surface area contributed by atoms with E-state index in [1.54, 1.807) is 6.34 Å². The summed E-state index contributed by atoms with van der Waals surface area (Å²) in [5.41, 5.74) is 2.40. The monoisotopic (exact) mass is 195 g/mol. The van der Waals surface area contributed by atoms with Gasteiger partial charge in [0.25, 0.3) is 0 Å². The van der Waals surface area contributed by atoms with Crippen molar-refractivity contribution in [2.45, 2.75) is 12.8 Å². The molecule has 5 heteroatoms. The van der Waals surface area contributed by atoms with E-state index in [4.69, 9.17) is 5.11 Å². The van der Waals surface area contributed by atoms with E-state index in [9.17, 15) is 4.79 Å². The quantitative estimate of drug-likeness (QED) is 0.596. The lowest BCUT2D eigenvalue weighted by Crippen LogP contribution is -2.30. The molecule has 0 aromatic carbocycles. The molecule has 0 spiro atoms. The van der Waals surface area contributed by atoms with Crippen molar-refractivity contribution in [3.63, 3.8) is 0 Å². The lowest BCUT2D eigenvalue weighted by Gasteiger charge is -2.15. The fraction of sp³-hybridized carbons (Fsp3) is 0.556. The Labute approximate surface area is 82.1 Å². The van der Waals surface area contributed by atoms with Gasteiger partial charge in [-0.05, 0) is 12.0 Å². The number of nitrogens with zero attached hydrogens (tertiary/aromatic N) is 2. The highest BCUT2D eigenvalue weighted by molar-refractivity contribution is 5.65. The molecule has 0 bridgehead atoms. The van der Waals surface area contributed by atoms with Gasteiger partial charge in [0.15, 0.2) is 0 Å². The maximum Gasteiger partial charge on any atom is 0.407 e. The number of amides is 1. The van der Waals surface area contributed by atoms with Crippen LogP contribution in [0.5, 0.6) is 0 Å². The first-order chi connectivity index (χ1) is 6.77. The Hall–Kier alpha value is -1.52. The Balaban J connectivity index is 2.04. The first-order valence-corrected chi connectivity index (χ1v) is 4.71. The Morgan fingerprint density at radius 1 is 1.50 bits per heavy atom. The molecular weight excluding hydrogens is 182 g/mol. The second-order valence-corrected chi connectivity index (χ2v) is 3.47. The summed E-state index contributed by atoms with van der Waals surface area (Å²) in [5, 5.41) is 11.9. The number of hydrogen-bond donors (Lipinski definition) is 2. The van der Waals surface area contributed by atoms with Crippen molar-refractivity contribution < 1.29 is 9.90 Å². The molecule has 1 amide bonds. The molecule has 2 rings (SSSR count). The SMILES string of the molecule is O=C(O)N1CCC2=C(CC1)NC=NC2. The lowest BCUT2D eigenvalue weighted by atomic mass is 10.1. The molecule has 2 aliphatic heterocycles. The van der Waals surface area contributed by atoms with Crippen molar-refractivity contribution in [3.8, 4) is 0 Å². The van der Waals surface area contributed by atoms with E-state index >= 15 is 0 Å². The Bertz CT molecular complexity index is 287. The number of aliphatic imine (C=N–C) groups is 1. The molecule has 0 unspecified atom stereocenters. The van der Waals surface area contributed by atoms with Crippen LogP contribution in [0.3, 0.4) is 0 Å². The number of hydrogen-bond acceptors (Lipinski definition) is 3. The smallest absolute Gasteiger partial charge is 0.407 e. The fourth-order valence-corrected chi connectivity index (χ4v) is 1.78. The van der Waals surface area contributed by atoms with Gasteiger partial charge in [-0.3, -0.25) is 4.99 Å². The van der Waals surface area contributed by atoms with Gasteiger partial charge in [0.2, 0.25) is 0 Å². The summed E-state index contributed by atoms with van der Waals surface area (Å²) < 4.78 is 0. The van der Waals surface area contributed by atoms with Gasteiger partial charge < -0.3 is 15.3 Å². The summed E-state index contributed by atoms with van der Waals surface area (Å²) in [6.07, 6.45) is 2.43. The summed E-state index contributed by atoms with van der Waals surface area (Å²) >= 11 is 0. The molecule has 0 aromatic heterocycles. The van der Waals surface area contributed by atoms with E-state index in [-0.39, 0.29) is 0 Å². The third-order valence-corrected chi connectivity index (χ3v) is 2.62. The Kier molecular flexibility index (Phi) is 2.39. The van der Waals surface area contributed by atoms with E-state index in [1.807, 2.05) is 0 Å². The first kappa shape index (κ1) is 9.05. The fourth-order valence-electron chi connectivity index (χ4n) is 1.78. The molecule has 2 heterocycles. The Morgan fingerprint density at radius 2 is 2.29 bits per heavy atom. The predicted octanol–water partition coefficient (Wildman–Crippen LogP) is 0.646. The van der Waals surface area contributed by atoms with Crippen LogP contribution in [-0.2, 0) is 0 Å². The van der Waals surface area contributed by atoms with Crippen LogP contribution >= 0.6 is 0 Å². The van der Waals surface area contributed by atoms with Gasteiger partial charge in [-0.2, -0.15) is 0 Å². The van der Waals surface area contributed by atoms with Crippen LogP contribution in [0.1, 0.15) is 12.8 Å². The molecule has 2 aliphatic rings. The van der Waals surface area contributed by atoms with E-state index < -0.39 is 6.09 Å². The number of carboxylic acid groups (broad SMARTS) is 1. The van der Waals surface area contributed by atoms with E-state index in [0.29, 0.717) is 13.1 Å². The predicted molar refractivity (Wildman–Crippen MR) is 52.4 cm³/mol. The molecule has 0 aliphatic carbocycles. The topological polar surface area (TPSA) is 64.9 Å². The molecule has 0 atom stereocenters. The highest BCUT2D eigenvalue weighted by Gasteiger charge is 2.19. The summed E-state index contributed by atoms with van der Waals surface area (Å²) in [4.78, 5) is 16.3. The van der Waals surface area contributed by atoms with Gasteiger partial charge >= 0.3 is 6.09 Å². The zero-order valence-electron chi connectivity index (χ0n) is 7.86. The summed E-state index contributed by atoms with van der Waals surface area (Å²) in [5.74, 6) is 0. The summed E-state index contributed by atoms with van der Waals surface area (Å²) in [6.45, 7) is 1.89. The normalized spacial score (nSPS) is 21.3. The third kappa shape index (κ3) is 1.71. The van der Waals surface area contributed by atoms with Crippen molar-refractivity contribution in [2.75, 3.05) is 19.6 Å². The van der Waals surface area contributed by atoms with Crippen LogP contribution in [0.4, 0.5) is 4.79 Å². The minimum Gasteiger partial charge on any atom is -0.465 e. The molecule has 2 N–H and O–H groups in total. The van der Waals surface area contributed by atoms with Crippen LogP contribution < -0.4 is 5.32 Å². The van der Waals surface area contributed by atoms with Crippen LogP contribution in [-0.4, -0.2) is 42.1 Å². The van der Waals surface area contributed by atoms with E-state index in [0.717, 1.165) is 25.1 Å². The largest absolute Gasteiger partial charge is 0.465 e. The molecule has 76 valence electrons. The number of rotatable bonds is 0. The molecule has 0 aromatic rings. The van der Waals surface area contributed by atoms with Gasteiger partial charge in [-0.25, -0.2) is 4.79 Å². The standard InChI is InChI=1S/C9H13N3O2/c13-9(14)12-3-1-7-5-10-6-11-8(7)2-4-12/h6H,1-5H2,(H,10,11)(H,13,14). The van der Waals surface area contributed by atoms with Gasteiger partial charge in [0.1, 0.15) is 0 Å². The molecule has 0 saturated carbocycles. The van der Waals surface area contributed by atoms with Crippen LogP contribution in [0.15, 0.2) is 16.3 Å². The highest BCUT2D eigenvalue weighted by atomic mass is 16.4. The maximum absolute atomic E-state index is 10.8. The first-order valence-electron chi connectivity index (χ1n) is 4.71. The minimum absolute atomic E-state index is 0.578. The average molecular weight is 195 g/mol. The van der Waals surface area contributed by atoms with Gasteiger partial charge in [0.05, 0.1) is 12.9 Å². The number of nitrogens with one attached hydrogen (secondary N) is 1. The van der Waals surface area contributed by atoms with Crippen LogP contribution in [0, 0.1) is 0 Å². The molecule has 0 fully saturated rings. The molecule has 5 nitrogen and oxygen atoms in total. The Morgan fingerprint density at radius 3 is 3.07 bits per heavy atom. The van der Waals surface area contributed by atoms with Gasteiger partial charge in [-0.15, -0.1) is 0 Å². The molecular formula is C9H13N3O2. The summed E-state index contributed by atoms with van der Waals surface area (Å²) in [7, 11) is 0. The van der Waals surface area contributed by atoms with Crippen molar-refractivity contribution in [1.82, 2.24) is 10.2 Å². The minimum atomic E-state index is -0.828. The van der Waals surface area contributed by atoms with E-state index in [2.05, 4.69) is 10.3 Å². The second-order valence-electron chi connectivity index (χ2n) is 3.47.